The Hall–Kier alpha value is -2.73. The van der Waals surface area contributed by atoms with E-state index in [1.54, 1.807) is 0 Å². The van der Waals surface area contributed by atoms with E-state index in [2.05, 4.69) is 53.2 Å². The molecule has 2 aromatic carbocycles. The van der Waals surface area contributed by atoms with E-state index in [-0.39, 0.29) is 18.6 Å². The van der Waals surface area contributed by atoms with Crippen LogP contribution in [-0.2, 0) is 0 Å². The van der Waals surface area contributed by atoms with E-state index in [9.17, 15) is 0 Å². The average Bonchev–Trinajstić information content (AvgIpc) is 3.42. The van der Waals surface area contributed by atoms with Crippen LogP contribution >= 0.6 is 0 Å². The van der Waals surface area contributed by atoms with Gasteiger partial charge in [-0.05, 0) is 30.8 Å². The predicted octanol–water partition coefficient (Wildman–Crippen LogP) is 3.77. The molecule has 4 aliphatic heterocycles. The van der Waals surface area contributed by atoms with Gasteiger partial charge in [0.25, 0.3) is 0 Å². The van der Waals surface area contributed by atoms with Gasteiger partial charge in [0.1, 0.15) is 5.75 Å². The molecule has 4 aliphatic rings. The molecule has 0 radical (unpaired) electrons. The molecule has 150 valence electrons. The van der Waals surface area contributed by atoms with Crippen LogP contribution in [0.2, 0.25) is 0 Å². The van der Waals surface area contributed by atoms with E-state index >= 15 is 0 Å². The van der Waals surface area contributed by atoms with Crippen LogP contribution < -0.4 is 14.2 Å². The Kier molecular flexibility index (Phi) is 3.78. The molecule has 2 aromatic rings. The average molecular weight is 391 g/mol. The number of likely N-dealkylation sites (tertiary alicyclic amines) is 1. The third-order valence-electron chi connectivity index (χ3n) is 6.70. The van der Waals surface area contributed by atoms with E-state index in [0.29, 0.717) is 0 Å². The molecular formula is C23H25N3O3. The summed E-state index contributed by atoms with van der Waals surface area (Å²) in [7, 11) is 0. The number of hydrazone groups is 1. The highest BCUT2D eigenvalue weighted by atomic mass is 16.7. The zero-order valence-electron chi connectivity index (χ0n) is 16.6. The number of fused-ring (bicyclic) bond motifs is 5. The smallest absolute Gasteiger partial charge is 0.231 e. The van der Waals surface area contributed by atoms with Crippen LogP contribution in [0.1, 0.15) is 43.4 Å². The Bertz CT molecular complexity index is 981. The summed E-state index contributed by atoms with van der Waals surface area (Å²) in [4.78, 5) is 2.49. The first kappa shape index (κ1) is 17.2. The SMILES string of the molecule is CCN1CCC2(CC1)Oc1ccccc1[C@@H]1CC(c3ccc4c(c3)OCO4)=NN12. The maximum absolute atomic E-state index is 6.67. The van der Waals surface area contributed by atoms with Gasteiger partial charge in [-0.1, -0.05) is 25.1 Å². The van der Waals surface area contributed by atoms with Crippen LogP contribution in [0.25, 0.3) is 0 Å². The van der Waals surface area contributed by atoms with E-state index in [1.165, 1.54) is 5.56 Å². The van der Waals surface area contributed by atoms with Gasteiger partial charge in [-0.15, -0.1) is 0 Å². The van der Waals surface area contributed by atoms with Gasteiger partial charge in [0.15, 0.2) is 11.5 Å². The summed E-state index contributed by atoms with van der Waals surface area (Å²) in [5.41, 5.74) is 3.06. The highest BCUT2D eigenvalue weighted by molar-refractivity contribution is 6.02. The fourth-order valence-electron chi connectivity index (χ4n) is 5.03. The van der Waals surface area contributed by atoms with Crippen molar-refractivity contribution in [3.8, 4) is 17.2 Å². The summed E-state index contributed by atoms with van der Waals surface area (Å²) in [6.07, 6.45) is 2.80. The van der Waals surface area contributed by atoms with Gasteiger partial charge in [-0.2, -0.15) is 5.10 Å². The zero-order valence-corrected chi connectivity index (χ0v) is 16.6. The summed E-state index contributed by atoms with van der Waals surface area (Å²) in [6.45, 7) is 5.68. The number of hydrogen-bond donors (Lipinski definition) is 0. The minimum absolute atomic E-state index is 0.216. The minimum Gasteiger partial charge on any atom is -0.466 e. The summed E-state index contributed by atoms with van der Waals surface area (Å²) < 4.78 is 17.7. The number of benzene rings is 2. The molecule has 0 bridgehead atoms. The molecule has 1 atom stereocenters. The van der Waals surface area contributed by atoms with Gasteiger partial charge in [0, 0.05) is 43.5 Å². The lowest BCUT2D eigenvalue weighted by atomic mass is 9.90. The van der Waals surface area contributed by atoms with Gasteiger partial charge in [0.05, 0.1) is 11.8 Å². The summed E-state index contributed by atoms with van der Waals surface area (Å²) >= 11 is 0. The third kappa shape index (κ3) is 2.62. The maximum Gasteiger partial charge on any atom is 0.231 e. The first-order valence-electron chi connectivity index (χ1n) is 10.5. The molecule has 4 heterocycles. The first-order valence-corrected chi connectivity index (χ1v) is 10.5. The molecule has 0 N–H and O–H groups in total. The second-order valence-corrected chi connectivity index (χ2v) is 8.20. The molecule has 29 heavy (non-hydrogen) atoms. The first-order chi connectivity index (χ1) is 14.3. The Labute approximate surface area is 170 Å². The molecule has 0 saturated carbocycles. The van der Waals surface area contributed by atoms with Gasteiger partial charge in [-0.25, -0.2) is 5.01 Å². The lowest BCUT2D eigenvalue weighted by Crippen LogP contribution is -2.59. The molecule has 0 aliphatic carbocycles. The molecule has 0 amide bonds. The molecular weight excluding hydrogens is 366 g/mol. The summed E-state index contributed by atoms with van der Waals surface area (Å²) in [6, 6.07) is 14.8. The molecule has 6 rings (SSSR count). The molecule has 0 unspecified atom stereocenters. The van der Waals surface area contributed by atoms with Crippen molar-refractivity contribution in [1.82, 2.24) is 9.91 Å². The molecule has 1 spiro atoms. The van der Waals surface area contributed by atoms with E-state index in [0.717, 1.165) is 67.4 Å². The molecule has 1 fully saturated rings. The summed E-state index contributed by atoms with van der Waals surface area (Å²) in [5.74, 6) is 2.63. The van der Waals surface area contributed by atoms with Crippen LogP contribution in [0, 0.1) is 0 Å². The second kappa shape index (κ2) is 6.39. The van der Waals surface area contributed by atoms with Gasteiger partial charge in [0.2, 0.25) is 12.5 Å². The van der Waals surface area contributed by atoms with Gasteiger partial charge >= 0.3 is 0 Å². The summed E-state index contributed by atoms with van der Waals surface area (Å²) in [5, 5.41) is 7.41. The number of piperidine rings is 1. The van der Waals surface area contributed by atoms with Crippen molar-refractivity contribution in [3.05, 3.63) is 53.6 Å². The van der Waals surface area contributed by atoms with Crippen molar-refractivity contribution in [1.29, 1.82) is 0 Å². The number of hydrogen-bond acceptors (Lipinski definition) is 6. The fourth-order valence-corrected chi connectivity index (χ4v) is 5.03. The van der Waals surface area contributed by atoms with Crippen LogP contribution in [0.15, 0.2) is 47.6 Å². The van der Waals surface area contributed by atoms with E-state index in [1.807, 2.05) is 6.07 Å². The molecule has 0 aromatic heterocycles. The molecule has 6 nitrogen and oxygen atoms in total. The largest absolute Gasteiger partial charge is 0.466 e. The monoisotopic (exact) mass is 391 g/mol. The lowest BCUT2D eigenvalue weighted by Gasteiger charge is -2.51. The normalized spacial score (nSPS) is 24.1. The Morgan fingerprint density at radius 1 is 1.03 bits per heavy atom. The Morgan fingerprint density at radius 2 is 1.86 bits per heavy atom. The Morgan fingerprint density at radius 3 is 2.72 bits per heavy atom. The quantitative estimate of drug-likeness (QED) is 0.780. The van der Waals surface area contributed by atoms with Crippen LogP contribution in [0.3, 0.4) is 0 Å². The zero-order chi connectivity index (χ0) is 19.4. The van der Waals surface area contributed by atoms with Crippen molar-refractivity contribution in [2.45, 2.75) is 38.0 Å². The van der Waals surface area contributed by atoms with Crippen LogP contribution in [-0.4, -0.2) is 47.8 Å². The number of ether oxygens (including phenoxy) is 3. The van der Waals surface area contributed by atoms with Crippen LogP contribution in [0.5, 0.6) is 17.2 Å². The topological polar surface area (TPSA) is 46.5 Å². The van der Waals surface area contributed by atoms with Gasteiger partial charge < -0.3 is 19.1 Å². The van der Waals surface area contributed by atoms with E-state index < -0.39 is 0 Å². The predicted molar refractivity (Wildman–Crippen MR) is 109 cm³/mol. The van der Waals surface area contributed by atoms with Crippen molar-refractivity contribution >= 4 is 5.71 Å². The fraction of sp³-hybridized carbons (Fsp3) is 0.435. The number of para-hydroxylation sites is 1. The molecule has 1 saturated heterocycles. The third-order valence-corrected chi connectivity index (χ3v) is 6.70. The van der Waals surface area contributed by atoms with Crippen molar-refractivity contribution in [3.63, 3.8) is 0 Å². The highest BCUT2D eigenvalue weighted by Crippen LogP contribution is 2.50. The van der Waals surface area contributed by atoms with Crippen molar-refractivity contribution in [2.24, 2.45) is 5.10 Å². The van der Waals surface area contributed by atoms with Gasteiger partial charge in [-0.3, -0.25) is 0 Å². The lowest BCUT2D eigenvalue weighted by molar-refractivity contribution is -0.149. The highest BCUT2D eigenvalue weighted by Gasteiger charge is 2.51. The van der Waals surface area contributed by atoms with E-state index in [4.69, 9.17) is 19.3 Å². The van der Waals surface area contributed by atoms with Crippen molar-refractivity contribution < 1.29 is 14.2 Å². The Balaban J connectivity index is 1.39. The molecule has 6 heteroatoms. The standard InChI is InChI=1S/C23H25N3O3/c1-2-25-11-9-23(10-12-25)26-19(17-5-3-4-6-20(17)29-23)14-18(24-26)16-7-8-21-22(13-16)28-15-27-21/h3-8,13,19H,2,9-12,14-15H2,1H3/t19-/m0/s1. The maximum atomic E-state index is 6.67. The number of rotatable bonds is 2. The number of nitrogens with zero attached hydrogens (tertiary/aromatic N) is 3. The van der Waals surface area contributed by atoms with Crippen molar-refractivity contribution in [2.75, 3.05) is 26.4 Å². The minimum atomic E-state index is -0.358. The second-order valence-electron chi connectivity index (χ2n) is 8.20. The van der Waals surface area contributed by atoms with Crippen LogP contribution in [0.4, 0.5) is 0 Å².